The second kappa shape index (κ2) is 10.5. The highest BCUT2D eigenvalue weighted by Gasteiger charge is 2.31. The second-order valence-electron chi connectivity index (χ2n) is 9.53. The smallest absolute Gasteiger partial charge is 0.305 e. The van der Waals surface area contributed by atoms with E-state index in [1.165, 1.54) is 28.3 Å². The highest BCUT2D eigenvalue weighted by Crippen LogP contribution is 2.26. The molecule has 35 heavy (non-hydrogen) atoms. The summed E-state index contributed by atoms with van der Waals surface area (Å²) in [6, 6.07) is 7.55. The largest absolute Gasteiger partial charge is 0.351 e. The van der Waals surface area contributed by atoms with Crippen LogP contribution in [0.3, 0.4) is 0 Å². The minimum absolute atomic E-state index is 0.0422. The van der Waals surface area contributed by atoms with Crippen molar-refractivity contribution >= 4 is 17.5 Å². The standard InChI is InChI=1S/C26H31FN4O4/c1-17-12-19-7-10-30(16-22(19)13-18(17)2)26(33)21-4-3-9-29(15-21)11-8-28-25(32)20-5-6-23(27)24(14-20)31(34)35/h5-6,12-14,21H,3-4,7-11,15-16H2,1-2H3,(H,28,32). The van der Waals surface area contributed by atoms with Crippen LogP contribution in [-0.2, 0) is 17.8 Å². The van der Waals surface area contributed by atoms with Gasteiger partial charge >= 0.3 is 5.69 Å². The Bertz CT molecular complexity index is 1150. The lowest BCUT2D eigenvalue weighted by molar-refractivity contribution is -0.387. The molecule has 4 rings (SSSR count). The lowest BCUT2D eigenvalue weighted by Crippen LogP contribution is -2.47. The second-order valence-corrected chi connectivity index (χ2v) is 9.53. The highest BCUT2D eigenvalue weighted by atomic mass is 19.1. The molecule has 1 unspecified atom stereocenters. The van der Waals surface area contributed by atoms with Crippen LogP contribution in [0, 0.1) is 35.7 Å². The number of aryl methyl sites for hydroxylation is 2. The van der Waals surface area contributed by atoms with Crippen molar-refractivity contribution in [2.45, 2.75) is 39.7 Å². The van der Waals surface area contributed by atoms with E-state index in [0.717, 1.165) is 44.5 Å². The summed E-state index contributed by atoms with van der Waals surface area (Å²) in [4.78, 5) is 39.9. The molecule has 9 heteroatoms. The first-order valence-electron chi connectivity index (χ1n) is 12.0. The molecule has 2 aromatic carbocycles. The molecule has 0 aliphatic carbocycles. The van der Waals surface area contributed by atoms with Gasteiger partial charge in [0.15, 0.2) is 0 Å². The number of benzene rings is 2. The molecule has 2 heterocycles. The van der Waals surface area contributed by atoms with E-state index in [1.54, 1.807) is 0 Å². The Hall–Kier alpha value is -3.33. The molecule has 2 aromatic rings. The van der Waals surface area contributed by atoms with Crippen molar-refractivity contribution in [1.29, 1.82) is 0 Å². The Morgan fingerprint density at radius 3 is 2.63 bits per heavy atom. The Labute approximate surface area is 204 Å². The zero-order valence-corrected chi connectivity index (χ0v) is 20.2. The van der Waals surface area contributed by atoms with Crippen molar-refractivity contribution in [2.24, 2.45) is 5.92 Å². The highest BCUT2D eigenvalue weighted by molar-refractivity contribution is 5.94. The number of carbonyl (C=O) groups is 2. The van der Waals surface area contributed by atoms with Crippen molar-refractivity contribution in [3.63, 3.8) is 0 Å². The molecule has 2 aliphatic rings. The van der Waals surface area contributed by atoms with Crippen molar-refractivity contribution in [1.82, 2.24) is 15.1 Å². The van der Waals surface area contributed by atoms with E-state index in [0.29, 0.717) is 26.2 Å². The molecule has 0 aromatic heterocycles. The molecule has 0 saturated carbocycles. The average molecular weight is 483 g/mol. The Balaban J connectivity index is 1.29. The van der Waals surface area contributed by atoms with E-state index < -0.39 is 22.3 Å². The van der Waals surface area contributed by atoms with Crippen LogP contribution in [0.1, 0.15) is 45.5 Å². The molecule has 1 N–H and O–H groups in total. The van der Waals surface area contributed by atoms with Crippen molar-refractivity contribution in [3.05, 3.63) is 74.1 Å². The summed E-state index contributed by atoms with van der Waals surface area (Å²) in [6.45, 7) is 8.02. The number of hydrogen-bond donors (Lipinski definition) is 1. The number of fused-ring (bicyclic) bond motifs is 1. The summed E-state index contributed by atoms with van der Waals surface area (Å²) in [5.74, 6) is -1.33. The molecule has 0 bridgehead atoms. The SMILES string of the molecule is Cc1cc2c(cc1C)CN(C(=O)C1CCCN(CCNC(=O)c3ccc(F)c([N+](=O)[O-])c3)C1)CC2. The maximum absolute atomic E-state index is 13.5. The van der Waals surface area contributed by atoms with Crippen LogP contribution in [0.5, 0.6) is 0 Å². The van der Waals surface area contributed by atoms with Gasteiger partial charge in [-0.1, -0.05) is 12.1 Å². The molecule has 8 nitrogen and oxygen atoms in total. The van der Waals surface area contributed by atoms with E-state index in [1.807, 2.05) is 4.90 Å². The quantitative estimate of drug-likeness (QED) is 0.503. The predicted octanol–water partition coefficient (Wildman–Crippen LogP) is 3.38. The number of piperidine rings is 1. The van der Waals surface area contributed by atoms with Gasteiger partial charge in [-0.25, -0.2) is 0 Å². The number of halogens is 1. The first-order chi connectivity index (χ1) is 16.7. The van der Waals surface area contributed by atoms with Gasteiger partial charge in [0, 0.05) is 44.4 Å². The fourth-order valence-electron chi connectivity index (χ4n) is 4.99. The van der Waals surface area contributed by atoms with Gasteiger partial charge in [0.25, 0.3) is 5.91 Å². The molecule has 0 spiro atoms. The van der Waals surface area contributed by atoms with Gasteiger partial charge in [-0.05, 0) is 74.0 Å². The third-order valence-corrected chi connectivity index (χ3v) is 7.11. The molecule has 1 saturated heterocycles. The van der Waals surface area contributed by atoms with Crippen LogP contribution in [0.25, 0.3) is 0 Å². The van der Waals surface area contributed by atoms with E-state index >= 15 is 0 Å². The van der Waals surface area contributed by atoms with Crippen molar-refractivity contribution in [3.8, 4) is 0 Å². The normalized spacial score (nSPS) is 18.1. The number of hydrogen-bond acceptors (Lipinski definition) is 5. The summed E-state index contributed by atoms with van der Waals surface area (Å²) < 4.78 is 13.5. The third-order valence-electron chi connectivity index (χ3n) is 7.11. The minimum atomic E-state index is -0.974. The number of amides is 2. The lowest BCUT2D eigenvalue weighted by atomic mass is 9.92. The van der Waals surface area contributed by atoms with Crippen LogP contribution < -0.4 is 5.32 Å². The Morgan fingerprint density at radius 2 is 1.89 bits per heavy atom. The number of carbonyl (C=O) groups excluding carboxylic acids is 2. The van der Waals surface area contributed by atoms with E-state index in [2.05, 4.69) is 36.2 Å². The number of nitro groups is 1. The van der Waals surface area contributed by atoms with Gasteiger partial charge in [0.1, 0.15) is 0 Å². The summed E-state index contributed by atoms with van der Waals surface area (Å²) in [7, 11) is 0. The van der Waals surface area contributed by atoms with Crippen molar-refractivity contribution < 1.29 is 18.9 Å². The van der Waals surface area contributed by atoms with Gasteiger partial charge in [-0.2, -0.15) is 4.39 Å². The van der Waals surface area contributed by atoms with Gasteiger partial charge in [0.05, 0.1) is 10.8 Å². The zero-order chi connectivity index (χ0) is 25.1. The Morgan fingerprint density at radius 1 is 1.14 bits per heavy atom. The minimum Gasteiger partial charge on any atom is -0.351 e. The summed E-state index contributed by atoms with van der Waals surface area (Å²) in [6.07, 6.45) is 2.65. The molecule has 186 valence electrons. The number of nitro benzene ring substituents is 1. The molecular formula is C26H31FN4O4. The monoisotopic (exact) mass is 482 g/mol. The lowest BCUT2D eigenvalue weighted by Gasteiger charge is -2.37. The van der Waals surface area contributed by atoms with Crippen molar-refractivity contribution in [2.75, 3.05) is 32.7 Å². The first-order valence-corrected chi connectivity index (χ1v) is 12.0. The third kappa shape index (κ3) is 5.67. The number of rotatable bonds is 6. The number of likely N-dealkylation sites (tertiary alicyclic amines) is 1. The maximum Gasteiger partial charge on any atom is 0.305 e. The zero-order valence-electron chi connectivity index (χ0n) is 20.2. The molecule has 0 radical (unpaired) electrons. The molecule has 2 aliphatic heterocycles. The molecule has 1 atom stereocenters. The van der Waals surface area contributed by atoms with Gasteiger partial charge in [-0.3, -0.25) is 19.7 Å². The average Bonchev–Trinajstić information content (AvgIpc) is 2.84. The predicted molar refractivity (Wildman–Crippen MR) is 130 cm³/mol. The summed E-state index contributed by atoms with van der Waals surface area (Å²) in [5, 5.41) is 13.6. The molecule has 2 amide bonds. The van der Waals surface area contributed by atoms with Crippen LogP contribution in [0.15, 0.2) is 30.3 Å². The van der Waals surface area contributed by atoms with E-state index in [-0.39, 0.29) is 17.4 Å². The number of nitrogens with one attached hydrogen (secondary N) is 1. The summed E-state index contributed by atoms with van der Waals surface area (Å²) in [5.41, 5.74) is 4.44. The topological polar surface area (TPSA) is 95.8 Å². The first kappa shape index (κ1) is 24.8. The van der Waals surface area contributed by atoms with Crippen LogP contribution in [0.2, 0.25) is 0 Å². The maximum atomic E-state index is 13.5. The van der Waals surface area contributed by atoms with E-state index in [9.17, 15) is 24.1 Å². The number of nitrogens with zero attached hydrogens (tertiary/aromatic N) is 3. The van der Waals surface area contributed by atoms with Crippen LogP contribution in [0.4, 0.5) is 10.1 Å². The fourth-order valence-corrected chi connectivity index (χ4v) is 4.99. The fraction of sp³-hybridized carbons (Fsp3) is 0.462. The van der Waals surface area contributed by atoms with Gasteiger partial charge in [-0.15, -0.1) is 0 Å². The van der Waals surface area contributed by atoms with Gasteiger partial charge in [0.2, 0.25) is 11.7 Å². The molecular weight excluding hydrogens is 451 g/mol. The molecule has 1 fully saturated rings. The van der Waals surface area contributed by atoms with Gasteiger partial charge < -0.3 is 15.1 Å². The van der Waals surface area contributed by atoms with E-state index in [4.69, 9.17) is 0 Å². The van der Waals surface area contributed by atoms with Crippen LogP contribution in [-0.4, -0.2) is 59.3 Å². The Kier molecular flexibility index (Phi) is 7.45. The summed E-state index contributed by atoms with van der Waals surface area (Å²) >= 11 is 0. The van der Waals surface area contributed by atoms with Crippen LogP contribution >= 0.6 is 0 Å².